The van der Waals surface area contributed by atoms with E-state index in [4.69, 9.17) is 4.74 Å². The molecule has 6 nitrogen and oxygen atoms in total. The highest BCUT2D eigenvalue weighted by Gasteiger charge is 2.22. The molecular formula is C23H26N4O2. The number of carbonyl (C=O) groups excluding carboxylic acids is 1. The maximum atomic E-state index is 13.0. The van der Waals surface area contributed by atoms with Gasteiger partial charge in [-0.3, -0.25) is 9.69 Å². The molecule has 0 N–H and O–H groups in total. The smallest absolute Gasteiger partial charge is 0.253 e. The van der Waals surface area contributed by atoms with Crippen molar-refractivity contribution < 1.29 is 9.53 Å². The second-order valence-corrected chi connectivity index (χ2v) is 7.36. The van der Waals surface area contributed by atoms with Crippen LogP contribution in [-0.2, 0) is 13.1 Å². The van der Waals surface area contributed by atoms with Crippen LogP contribution in [0.1, 0.15) is 21.5 Å². The Hall–Kier alpha value is -3.12. The Balaban J connectivity index is 1.34. The number of imidazole rings is 1. The van der Waals surface area contributed by atoms with Crippen molar-refractivity contribution in [2.75, 3.05) is 33.3 Å². The number of piperazine rings is 1. The zero-order valence-corrected chi connectivity index (χ0v) is 16.7. The van der Waals surface area contributed by atoms with E-state index in [9.17, 15) is 4.79 Å². The van der Waals surface area contributed by atoms with Crippen molar-refractivity contribution in [1.29, 1.82) is 0 Å². The molecule has 0 bridgehead atoms. The number of rotatable bonds is 6. The van der Waals surface area contributed by atoms with Gasteiger partial charge in [0.05, 0.1) is 13.4 Å². The van der Waals surface area contributed by atoms with Crippen molar-refractivity contribution in [2.24, 2.45) is 0 Å². The lowest BCUT2D eigenvalue weighted by Crippen LogP contribution is -2.48. The van der Waals surface area contributed by atoms with Gasteiger partial charge in [-0.05, 0) is 35.4 Å². The van der Waals surface area contributed by atoms with Crippen molar-refractivity contribution in [1.82, 2.24) is 19.4 Å². The topological polar surface area (TPSA) is 50.6 Å². The van der Waals surface area contributed by atoms with Crippen LogP contribution in [-0.4, -0.2) is 58.5 Å². The molecule has 3 aromatic rings. The molecule has 6 heteroatoms. The quantitative estimate of drug-likeness (QED) is 0.649. The summed E-state index contributed by atoms with van der Waals surface area (Å²) >= 11 is 0. The molecule has 0 aliphatic carbocycles. The monoisotopic (exact) mass is 390 g/mol. The molecule has 0 spiro atoms. The molecule has 0 atom stereocenters. The SMILES string of the molecule is COc1cccc(CN2CCN(C(=O)c3cccc(Cn4ccnc4)c3)CC2)c1. The molecule has 1 amide bonds. The summed E-state index contributed by atoms with van der Waals surface area (Å²) in [7, 11) is 1.69. The number of amides is 1. The predicted molar refractivity (Wildman–Crippen MR) is 112 cm³/mol. The maximum absolute atomic E-state index is 13.0. The molecule has 0 saturated carbocycles. The second-order valence-electron chi connectivity index (χ2n) is 7.36. The first-order valence-corrected chi connectivity index (χ1v) is 9.90. The third kappa shape index (κ3) is 4.84. The zero-order chi connectivity index (χ0) is 20.1. The summed E-state index contributed by atoms with van der Waals surface area (Å²) in [6.45, 7) is 4.83. The van der Waals surface area contributed by atoms with Gasteiger partial charge < -0.3 is 14.2 Å². The standard InChI is InChI=1S/C23H26N4O2/c1-29-22-7-3-5-20(15-22)16-25-10-12-27(13-11-25)23(28)21-6-2-4-19(14-21)17-26-9-8-24-18-26/h2-9,14-15,18H,10-13,16-17H2,1H3. The van der Waals surface area contributed by atoms with Crippen LogP contribution in [0.2, 0.25) is 0 Å². The first-order valence-electron chi connectivity index (χ1n) is 9.90. The van der Waals surface area contributed by atoms with E-state index < -0.39 is 0 Å². The van der Waals surface area contributed by atoms with E-state index in [1.807, 2.05) is 52.1 Å². The third-order valence-electron chi connectivity index (χ3n) is 5.30. The molecule has 0 radical (unpaired) electrons. The minimum atomic E-state index is 0.110. The largest absolute Gasteiger partial charge is 0.497 e. The fourth-order valence-electron chi connectivity index (χ4n) is 3.71. The maximum Gasteiger partial charge on any atom is 0.253 e. The molecule has 0 unspecified atom stereocenters. The van der Waals surface area contributed by atoms with Crippen molar-refractivity contribution >= 4 is 5.91 Å². The molecule has 4 rings (SSSR count). The van der Waals surface area contributed by atoms with Crippen LogP contribution < -0.4 is 4.74 Å². The summed E-state index contributed by atoms with van der Waals surface area (Å²) in [6, 6.07) is 16.1. The molecular weight excluding hydrogens is 364 g/mol. The van der Waals surface area contributed by atoms with Crippen LogP contribution >= 0.6 is 0 Å². The Morgan fingerprint density at radius 3 is 2.48 bits per heavy atom. The van der Waals surface area contributed by atoms with E-state index in [1.54, 1.807) is 19.6 Å². The fraction of sp³-hybridized carbons (Fsp3) is 0.304. The number of hydrogen-bond acceptors (Lipinski definition) is 4. The van der Waals surface area contributed by atoms with Crippen LogP contribution in [0.5, 0.6) is 5.75 Å². The first-order chi connectivity index (χ1) is 14.2. The van der Waals surface area contributed by atoms with E-state index in [1.165, 1.54) is 5.56 Å². The number of methoxy groups -OCH3 is 1. The molecule has 1 saturated heterocycles. The van der Waals surface area contributed by atoms with Gasteiger partial charge in [-0.2, -0.15) is 0 Å². The van der Waals surface area contributed by atoms with Crippen LogP contribution in [0.4, 0.5) is 0 Å². The van der Waals surface area contributed by atoms with Crippen molar-refractivity contribution in [3.05, 3.63) is 83.9 Å². The Kier molecular flexibility index (Phi) is 5.91. The predicted octanol–water partition coefficient (Wildman–Crippen LogP) is 2.90. The summed E-state index contributed by atoms with van der Waals surface area (Å²) in [5.41, 5.74) is 3.09. The molecule has 29 heavy (non-hydrogen) atoms. The molecule has 1 aromatic heterocycles. The minimum Gasteiger partial charge on any atom is -0.497 e. The molecule has 1 fully saturated rings. The highest BCUT2D eigenvalue weighted by molar-refractivity contribution is 5.94. The molecule has 2 aromatic carbocycles. The number of benzene rings is 2. The summed E-state index contributed by atoms with van der Waals surface area (Å²) in [5.74, 6) is 0.991. The molecule has 1 aliphatic heterocycles. The Morgan fingerprint density at radius 2 is 1.76 bits per heavy atom. The average molecular weight is 390 g/mol. The molecule has 150 valence electrons. The van der Waals surface area contributed by atoms with Crippen molar-refractivity contribution in [2.45, 2.75) is 13.1 Å². The van der Waals surface area contributed by atoms with Gasteiger partial charge >= 0.3 is 0 Å². The van der Waals surface area contributed by atoms with Gasteiger partial charge in [-0.15, -0.1) is 0 Å². The van der Waals surface area contributed by atoms with Gasteiger partial charge in [0, 0.05) is 57.2 Å². The fourth-order valence-corrected chi connectivity index (χ4v) is 3.71. The average Bonchev–Trinajstić information content (AvgIpc) is 3.27. The van der Waals surface area contributed by atoms with E-state index >= 15 is 0 Å². The number of nitrogens with zero attached hydrogens (tertiary/aromatic N) is 4. The van der Waals surface area contributed by atoms with Crippen LogP contribution in [0.25, 0.3) is 0 Å². The number of hydrogen-bond donors (Lipinski definition) is 0. The zero-order valence-electron chi connectivity index (χ0n) is 16.7. The molecule has 2 heterocycles. The van der Waals surface area contributed by atoms with Crippen LogP contribution in [0.15, 0.2) is 67.3 Å². The van der Waals surface area contributed by atoms with Crippen molar-refractivity contribution in [3.8, 4) is 5.75 Å². The Labute approximate surface area is 171 Å². The lowest BCUT2D eigenvalue weighted by molar-refractivity contribution is 0.0628. The van der Waals surface area contributed by atoms with Gasteiger partial charge in [0.1, 0.15) is 5.75 Å². The van der Waals surface area contributed by atoms with E-state index in [0.717, 1.165) is 56.1 Å². The number of aromatic nitrogens is 2. The van der Waals surface area contributed by atoms with Gasteiger partial charge in [0.2, 0.25) is 0 Å². The normalized spacial score (nSPS) is 14.7. The van der Waals surface area contributed by atoms with Crippen LogP contribution in [0.3, 0.4) is 0 Å². The van der Waals surface area contributed by atoms with Gasteiger partial charge in [0.15, 0.2) is 0 Å². The lowest BCUT2D eigenvalue weighted by atomic mass is 10.1. The second kappa shape index (κ2) is 8.92. The number of carbonyl (C=O) groups is 1. The summed E-state index contributed by atoms with van der Waals surface area (Å²) < 4.78 is 7.31. The molecule has 1 aliphatic rings. The summed E-state index contributed by atoms with van der Waals surface area (Å²) in [6.07, 6.45) is 5.48. The lowest BCUT2D eigenvalue weighted by Gasteiger charge is -2.35. The first kappa shape index (κ1) is 19.2. The summed E-state index contributed by atoms with van der Waals surface area (Å²) in [4.78, 5) is 21.4. The minimum absolute atomic E-state index is 0.110. The van der Waals surface area contributed by atoms with Crippen LogP contribution in [0, 0.1) is 0 Å². The Bertz CT molecular complexity index is 947. The van der Waals surface area contributed by atoms with E-state index in [-0.39, 0.29) is 5.91 Å². The van der Waals surface area contributed by atoms with Gasteiger partial charge in [-0.25, -0.2) is 4.98 Å². The highest BCUT2D eigenvalue weighted by atomic mass is 16.5. The summed E-state index contributed by atoms with van der Waals surface area (Å²) in [5, 5.41) is 0. The van der Waals surface area contributed by atoms with E-state index in [0.29, 0.717) is 0 Å². The van der Waals surface area contributed by atoms with Gasteiger partial charge in [-0.1, -0.05) is 24.3 Å². The van der Waals surface area contributed by atoms with E-state index in [2.05, 4.69) is 22.0 Å². The number of ether oxygens (including phenoxy) is 1. The Morgan fingerprint density at radius 1 is 1.00 bits per heavy atom. The third-order valence-corrected chi connectivity index (χ3v) is 5.30. The van der Waals surface area contributed by atoms with Gasteiger partial charge in [0.25, 0.3) is 5.91 Å². The highest BCUT2D eigenvalue weighted by Crippen LogP contribution is 2.17. The van der Waals surface area contributed by atoms with Crippen molar-refractivity contribution in [3.63, 3.8) is 0 Å².